The molecule has 1 heterocycles. The maximum Gasteiger partial charge on any atom is 0.347 e. The molecule has 4 aromatic carbocycles. The Hall–Kier alpha value is -6.12. The zero-order valence-electron chi connectivity index (χ0n) is 25.1. The SMILES string of the molecule is N#C/C(C(=O)O)=C(\c1ccc(N2CCCC2)cc1)c1cccc(CN(Cc2ccccc2)c2ccc(/C=C(\C#N)C(=O)O)cc2)c1. The summed E-state index contributed by atoms with van der Waals surface area (Å²) in [5, 5.41) is 38.3. The van der Waals surface area contributed by atoms with E-state index in [2.05, 4.69) is 9.80 Å². The van der Waals surface area contributed by atoms with Crippen LogP contribution in [0.2, 0.25) is 0 Å². The number of rotatable bonds is 11. The average molecular weight is 609 g/mol. The third-order valence-electron chi connectivity index (χ3n) is 7.93. The molecule has 0 aromatic heterocycles. The molecule has 0 spiro atoms. The summed E-state index contributed by atoms with van der Waals surface area (Å²) in [7, 11) is 0. The Bertz CT molecular complexity index is 1860. The number of aliphatic carboxylic acids is 2. The van der Waals surface area contributed by atoms with Gasteiger partial charge in [-0.2, -0.15) is 10.5 Å². The fraction of sp³-hybridized carbons (Fsp3) is 0.158. The number of carboxylic acid groups (broad SMARTS) is 2. The van der Waals surface area contributed by atoms with Crippen molar-refractivity contribution in [3.63, 3.8) is 0 Å². The maximum atomic E-state index is 12.2. The Morgan fingerprint density at radius 1 is 0.739 bits per heavy atom. The van der Waals surface area contributed by atoms with Crippen molar-refractivity contribution in [2.45, 2.75) is 25.9 Å². The van der Waals surface area contributed by atoms with Gasteiger partial charge >= 0.3 is 11.9 Å². The number of hydrogen-bond acceptors (Lipinski definition) is 6. The van der Waals surface area contributed by atoms with E-state index in [0.717, 1.165) is 48.4 Å². The Labute approximate surface area is 268 Å². The van der Waals surface area contributed by atoms with Crippen LogP contribution in [0.15, 0.2) is 114 Å². The van der Waals surface area contributed by atoms with Gasteiger partial charge in [0, 0.05) is 43.1 Å². The lowest BCUT2D eigenvalue weighted by molar-refractivity contribution is -0.133. The van der Waals surface area contributed by atoms with E-state index in [1.165, 1.54) is 6.08 Å². The highest BCUT2D eigenvalue weighted by Crippen LogP contribution is 2.31. The van der Waals surface area contributed by atoms with Crippen LogP contribution in [0.4, 0.5) is 11.4 Å². The average Bonchev–Trinajstić information content (AvgIpc) is 3.62. The molecule has 1 aliphatic heterocycles. The van der Waals surface area contributed by atoms with Crippen molar-refractivity contribution in [2.24, 2.45) is 0 Å². The van der Waals surface area contributed by atoms with Gasteiger partial charge < -0.3 is 20.0 Å². The summed E-state index contributed by atoms with van der Waals surface area (Å²) < 4.78 is 0. The number of nitriles is 2. The molecule has 0 bridgehead atoms. The Kier molecular flexibility index (Phi) is 9.92. The molecular formula is C38H32N4O4. The van der Waals surface area contributed by atoms with Gasteiger partial charge in [0.25, 0.3) is 0 Å². The zero-order valence-corrected chi connectivity index (χ0v) is 25.1. The Balaban J connectivity index is 1.50. The predicted molar refractivity (Wildman–Crippen MR) is 178 cm³/mol. The molecule has 2 N–H and O–H groups in total. The van der Waals surface area contributed by atoms with Gasteiger partial charge in [0.15, 0.2) is 0 Å². The number of benzene rings is 4. The predicted octanol–water partition coefficient (Wildman–Crippen LogP) is 6.90. The molecule has 4 aromatic rings. The summed E-state index contributed by atoms with van der Waals surface area (Å²) in [6.07, 6.45) is 3.62. The summed E-state index contributed by atoms with van der Waals surface area (Å²) in [6.45, 7) is 3.01. The normalized spacial score (nSPS) is 13.3. The van der Waals surface area contributed by atoms with Gasteiger partial charge in [-0.3, -0.25) is 0 Å². The fourth-order valence-corrected chi connectivity index (χ4v) is 5.66. The molecular weight excluding hydrogens is 576 g/mol. The molecule has 8 heteroatoms. The molecule has 0 unspecified atom stereocenters. The molecule has 1 saturated heterocycles. The van der Waals surface area contributed by atoms with Crippen molar-refractivity contribution >= 4 is 35.0 Å². The van der Waals surface area contributed by atoms with Crippen LogP contribution in [-0.4, -0.2) is 35.2 Å². The third-order valence-corrected chi connectivity index (χ3v) is 7.93. The molecule has 228 valence electrons. The van der Waals surface area contributed by atoms with Crippen molar-refractivity contribution in [3.8, 4) is 12.1 Å². The zero-order chi connectivity index (χ0) is 32.5. The molecule has 46 heavy (non-hydrogen) atoms. The molecule has 0 atom stereocenters. The highest BCUT2D eigenvalue weighted by molar-refractivity contribution is 6.04. The minimum Gasteiger partial charge on any atom is -0.477 e. The van der Waals surface area contributed by atoms with Gasteiger partial charge in [-0.25, -0.2) is 9.59 Å². The van der Waals surface area contributed by atoms with E-state index in [9.17, 15) is 25.1 Å². The van der Waals surface area contributed by atoms with Crippen molar-refractivity contribution in [1.29, 1.82) is 10.5 Å². The number of nitrogens with zero attached hydrogens (tertiary/aromatic N) is 4. The fourth-order valence-electron chi connectivity index (χ4n) is 5.66. The number of carboxylic acids is 2. The topological polar surface area (TPSA) is 129 Å². The van der Waals surface area contributed by atoms with Crippen molar-refractivity contribution in [3.05, 3.63) is 142 Å². The summed E-state index contributed by atoms with van der Waals surface area (Å²) in [5.41, 5.74) is 5.50. The van der Waals surface area contributed by atoms with Crippen LogP contribution in [-0.2, 0) is 22.7 Å². The van der Waals surface area contributed by atoms with Crippen molar-refractivity contribution in [1.82, 2.24) is 0 Å². The van der Waals surface area contributed by atoms with Gasteiger partial charge in [0.1, 0.15) is 23.3 Å². The lowest BCUT2D eigenvalue weighted by Crippen LogP contribution is -2.22. The van der Waals surface area contributed by atoms with Gasteiger partial charge in [-0.05, 0) is 77.1 Å². The third kappa shape index (κ3) is 7.50. The maximum absolute atomic E-state index is 12.2. The van der Waals surface area contributed by atoms with Crippen LogP contribution in [0.5, 0.6) is 0 Å². The van der Waals surface area contributed by atoms with Crippen LogP contribution >= 0.6 is 0 Å². The second kappa shape index (κ2) is 14.6. The van der Waals surface area contributed by atoms with Crippen LogP contribution in [0.3, 0.4) is 0 Å². The van der Waals surface area contributed by atoms with Crippen molar-refractivity contribution < 1.29 is 19.8 Å². The number of hydrogen-bond donors (Lipinski definition) is 2. The smallest absolute Gasteiger partial charge is 0.347 e. The van der Waals surface area contributed by atoms with E-state index < -0.39 is 11.9 Å². The number of carbonyl (C=O) groups is 2. The molecule has 1 fully saturated rings. The summed E-state index contributed by atoms with van der Waals surface area (Å²) in [6, 6.07) is 36.2. The van der Waals surface area contributed by atoms with Crippen LogP contribution in [0.1, 0.15) is 40.7 Å². The molecule has 0 saturated carbocycles. The molecule has 5 rings (SSSR count). The second-order valence-electron chi connectivity index (χ2n) is 11.0. The first-order valence-corrected chi connectivity index (χ1v) is 14.9. The Morgan fingerprint density at radius 2 is 1.39 bits per heavy atom. The molecule has 0 aliphatic carbocycles. The first kappa shape index (κ1) is 31.3. The molecule has 0 radical (unpaired) electrons. The lowest BCUT2D eigenvalue weighted by atomic mass is 9.92. The molecule has 8 nitrogen and oxygen atoms in total. The summed E-state index contributed by atoms with van der Waals surface area (Å²) >= 11 is 0. The van der Waals surface area contributed by atoms with E-state index in [-0.39, 0.29) is 11.1 Å². The highest BCUT2D eigenvalue weighted by atomic mass is 16.4. The van der Waals surface area contributed by atoms with Gasteiger partial charge in [0.2, 0.25) is 0 Å². The standard InChI is InChI=1S/C38H32N4O4/c39-23-32(37(43)44)21-27-11-15-34(16-12-27)42(25-28-7-2-1-3-8-28)26-29-9-6-10-31(22-29)36(35(24-40)38(45)46)30-13-17-33(18-14-30)41-19-4-5-20-41/h1-3,6-18,21-22H,4-5,19-20,25-26H2,(H,43,44)(H,45,46)/b32-21+,36-35-. The summed E-state index contributed by atoms with van der Waals surface area (Å²) in [4.78, 5) is 28.0. The van der Waals surface area contributed by atoms with Crippen LogP contribution in [0, 0.1) is 22.7 Å². The highest BCUT2D eigenvalue weighted by Gasteiger charge is 2.20. The first-order chi connectivity index (χ1) is 22.4. The minimum atomic E-state index is -1.28. The van der Waals surface area contributed by atoms with Gasteiger partial charge in [-0.15, -0.1) is 0 Å². The van der Waals surface area contributed by atoms with E-state index in [4.69, 9.17) is 5.26 Å². The van der Waals surface area contributed by atoms with E-state index in [1.807, 2.05) is 97.1 Å². The second-order valence-corrected chi connectivity index (χ2v) is 11.0. The molecule has 0 amide bonds. The van der Waals surface area contributed by atoms with E-state index in [1.54, 1.807) is 18.2 Å². The monoisotopic (exact) mass is 608 g/mol. The minimum absolute atomic E-state index is 0.325. The van der Waals surface area contributed by atoms with Gasteiger partial charge in [-0.1, -0.05) is 72.8 Å². The van der Waals surface area contributed by atoms with E-state index >= 15 is 0 Å². The Morgan fingerprint density at radius 3 is 2.00 bits per heavy atom. The number of anilines is 2. The largest absolute Gasteiger partial charge is 0.477 e. The lowest BCUT2D eigenvalue weighted by Gasteiger charge is -2.26. The quantitative estimate of drug-likeness (QED) is 0.139. The first-order valence-electron chi connectivity index (χ1n) is 14.9. The van der Waals surface area contributed by atoms with Gasteiger partial charge in [0.05, 0.1) is 0 Å². The van der Waals surface area contributed by atoms with E-state index in [0.29, 0.717) is 35.4 Å². The van der Waals surface area contributed by atoms with Crippen molar-refractivity contribution in [2.75, 3.05) is 22.9 Å². The van der Waals surface area contributed by atoms with Crippen LogP contribution < -0.4 is 9.80 Å². The summed E-state index contributed by atoms with van der Waals surface area (Å²) in [5.74, 6) is -2.57. The molecule has 1 aliphatic rings. The van der Waals surface area contributed by atoms with Crippen LogP contribution in [0.25, 0.3) is 11.6 Å².